The van der Waals surface area contributed by atoms with Crippen LogP contribution in [0.15, 0.2) is 12.1 Å². The third-order valence-corrected chi connectivity index (χ3v) is 4.92. The van der Waals surface area contributed by atoms with Crippen molar-refractivity contribution in [2.45, 2.75) is 44.1 Å². The molecule has 0 radical (unpaired) electrons. The fourth-order valence-electron chi connectivity index (χ4n) is 3.34. The number of aliphatic hydroxyl groups is 1. The zero-order chi connectivity index (χ0) is 15.4. The highest BCUT2D eigenvalue weighted by molar-refractivity contribution is 6.32. The van der Waals surface area contributed by atoms with Gasteiger partial charge in [-0.05, 0) is 43.5 Å². The molecule has 122 valence electrons. The molecule has 1 saturated carbocycles. The molecular formula is C17H24ClNO3. The van der Waals surface area contributed by atoms with E-state index in [4.69, 9.17) is 21.1 Å². The molecule has 1 aromatic carbocycles. The van der Waals surface area contributed by atoms with Crippen molar-refractivity contribution in [3.8, 4) is 11.5 Å². The molecule has 0 unspecified atom stereocenters. The third-order valence-electron chi connectivity index (χ3n) is 4.64. The lowest BCUT2D eigenvalue weighted by molar-refractivity contribution is 0.165. The van der Waals surface area contributed by atoms with E-state index in [1.807, 2.05) is 12.1 Å². The maximum Gasteiger partial charge on any atom is 0.179 e. The number of benzene rings is 1. The first-order valence-corrected chi connectivity index (χ1v) is 8.54. The number of halogens is 1. The summed E-state index contributed by atoms with van der Waals surface area (Å²) in [5.41, 5.74) is 1.06. The fourth-order valence-corrected chi connectivity index (χ4v) is 3.63. The first-order chi connectivity index (χ1) is 10.7. The Balaban J connectivity index is 1.63. The van der Waals surface area contributed by atoms with Crippen molar-refractivity contribution in [1.82, 2.24) is 5.32 Å². The topological polar surface area (TPSA) is 50.7 Å². The normalized spacial score (nSPS) is 19.9. The molecule has 0 saturated heterocycles. The molecule has 2 N–H and O–H groups in total. The van der Waals surface area contributed by atoms with Crippen molar-refractivity contribution in [2.75, 3.05) is 26.4 Å². The number of fused-ring (bicyclic) bond motifs is 1. The Morgan fingerprint density at radius 2 is 1.91 bits per heavy atom. The van der Waals surface area contributed by atoms with Crippen molar-refractivity contribution in [2.24, 2.45) is 0 Å². The molecule has 3 rings (SSSR count). The van der Waals surface area contributed by atoms with Gasteiger partial charge in [-0.3, -0.25) is 0 Å². The Morgan fingerprint density at radius 3 is 2.68 bits per heavy atom. The maximum atomic E-state index is 9.63. The van der Waals surface area contributed by atoms with Crippen LogP contribution >= 0.6 is 11.6 Å². The van der Waals surface area contributed by atoms with Crippen LogP contribution in [-0.2, 0) is 6.42 Å². The first kappa shape index (κ1) is 15.9. The molecule has 2 aliphatic rings. The summed E-state index contributed by atoms with van der Waals surface area (Å²) in [4.78, 5) is 0. The Kier molecular flexibility index (Phi) is 5.11. The van der Waals surface area contributed by atoms with E-state index in [9.17, 15) is 5.11 Å². The second-order valence-corrected chi connectivity index (χ2v) is 6.68. The minimum Gasteiger partial charge on any atom is -0.489 e. The molecule has 1 aliphatic carbocycles. The number of rotatable bonds is 5. The van der Waals surface area contributed by atoms with Crippen LogP contribution in [0.2, 0.25) is 5.02 Å². The van der Waals surface area contributed by atoms with E-state index in [0.717, 1.165) is 43.5 Å². The number of ether oxygens (including phenoxy) is 2. The highest BCUT2D eigenvalue weighted by Gasteiger charge is 2.32. The number of nitrogens with one attached hydrogen (secondary N) is 1. The minimum atomic E-state index is -0.0743. The Morgan fingerprint density at radius 1 is 1.14 bits per heavy atom. The van der Waals surface area contributed by atoms with E-state index >= 15 is 0 Å². The van der Waals surface area contributed by atoms with Gasteiger partial charge in [-0.2, -0.15) is 0 Å². The predicted molar refractivity (Wildman–Crippen MR) is 87.1 cm³/mol. The summed E-state index contributed by atoms with van der Waals surface area (Å²) in [6.07, 6.45) is 6.25. The molecule has 0 amide bonds. The number of hydrogen-bond acceptors (Lipinski definition) is 4. The maximum absolute atomic E-state index is 9.63. The average molecular weight is 326 g/mol. The monoisotopic (exact) mass is 325 g/mol. The third kappa shape index (κ3) is 3.50. The van der Waals surface area contributed by atoms with Crippen LogP contribution < -0.4 is 14.8 Å². The molecule has 1 aliphatic heterocycles. The van der Waals surface area contributed by atoms with Gasteiger partial charge in [-0.1, -0.05) is 24.4 Å². The van der Waals surface area contributed by atoms with E-state index in [1.54, 1.807) is 0 Å². The van der Waals surface area contributed by atoms with Crippen LogP contribution in [0.3, 0.4) is 0 Å². The molecule has 1 fully saturated rings. The van der Waals surface area contributed by atoms with Gasteiger partial charge in [0.1, 0.15) is 0 Å². The van der Waals surface area contributed by atoms with Gasteiger partial charge < -0.3 is 19.9 Å². The van der Waals surface area contributed by atoms with Gasteiger partial charge in [0.05, 0.1) is 24.8 Å². The minimum absolute atomic E-state index is 0.0743. The standard InChI is InChI=1S/C17H24ClNO3/c18-14-10-13(11-15-16(14)22-9-3-8-21-15)4-7-19-17(12-20)5-1-2-6-17/h10-11,19-20H,1-9,12H2. The van der Waals surface area contributed by atoms with Crippen LogP contribution in [0, 0.1) is 0 Å². The van der Waals surface area contributed by atoms with Gasteiger partial charge >= 0.3 is 0 Å². The Hall–Kier alpha value is -0.970. The van der Waals surface area contributed by atoms with E-state index in [1.165, 1.54) is 12.8 Å². The Bertz CT molecular complexity index is 515. The number of aliphatic hydroxyl groups excluding tert-OH is 1. The zero-order valence-corrected chi connectivity index (χ0v) is 13.6. The largest absolute Gasteiger partial charge is 0.489 e. The summed E-state index contributed by atoms with van der Waals surface area (Å²) in [7, 11) is 0. The first-order valence-electron chi connectivity index (χ1n) is 8.16. The molecule has 0 aromatic heterocycles. The predicted octanol–water partition coefficient (Wildman–Crippen LogP) is 2.94. The lowest BCUT2D eigenvalue weighted by Gasteiger charge is -2.28. The fraction of sp³-hybridized carbons (Fsp3) is 0.647. The molecular weight excluding hydrogens is 302 g/mol. The lowest BCUT2D eigenvalue weighted by atomic mass is 9.98. The highest BCUT2D eigenvalue weighted by Crippen LogP contribution is 2.38. The summed E-state index contributed by atoms with van der Waals surface area (Å²) in [5.74, 6) is 1.41. The second kappa shape index (κ2) is 7.07. The molecule has 4 nitrogen and oxygen atoms in total. The molecule has 5 heteroatoms. The van der Waals surface area contributed by atoms with Crippen molar-refractivity contribution in [1.29, 1.82) is 0 Å². The van der Waals surface area contributed by atoms with Crippen LogP contribution in [0.1, 0.15) is 37.7 Å². The van der Waals surface area contributed by atoms with Crippen molar-refractivity contribution >= 4 is 11.6 Å². The van der Waals surface area contributed by atoms with Crippen molar-refractivity contribution < 1.29 is 14.6 Å². The highest BCUT2D eigenvalue weighted by atomic mass is 35.5. The quantitative estimate of drug-likeness (QED) is 0.874. The molecule has 22 heavy (non-hydrogen) atoms. The van der Waals surface area contributed by atoms with Crippen LogP contribution in [-0.4, -0.2) is 37.0 Å². The Labute approximate surface area is 136 Å². The molecule has 0 spiro atoms. The van der Waals surface area contributed by atoms with Gasteiger partial charge in [0.25, 0.3) is 0 Å². The van der Waals surface area contributed by atoms with Crippen molar-refractivity contribution in [3.05, 3.63) is 22.7 Å². The van der Waals surface area contributed by atoms with Crippen molar-refractivity contribution in [3.63, 3.8) is 0 Å². The van der Waals surface area contributed by atoms with E-state index in [-0.39, 0.29) is 12.1 Å². The average Bonchev–Trinajstić information content (AvgIpc) is 2.85. The van der Waals surface area contributed by atoms with E-state index in [0.29, 0.717) is 24.0 Å². The summed E-state index contributed by atoms with van der Waals surface area (Å²) in [5, 5.41) is 13.8. The van der Waals surface area contributed by atoms with Gasteiger partial charge in [0.15, 0.2) is 11.5 Å². The summed E-state index contributed by atoms with van der Waals surface area (Å²) >= 11 is 6.32. The smallest absolute Gasteiger partial charge is 0.179 e. The van der Waals surface area contributed by atoms with Crippen LogP contribution in [0.4, 0.5) is 0 Å². The van der Waals surface area contributed by atoms with E-state index < -0.39 is 0 Å². The van der Waals surface area contributed by atoms with Gasteiger partial charge in [-0.15, -0.1) is 0 Å². The van der Waals surface area contributed by atoms with Crippen LogP contribution in [0.25, 0.3) is 0 Å². The van der Waals surface area contributed by atoms with Crippen LogP contribution in [0.5, 0.6) is 11.5 Å². The SMILES string of the molecule is OCC1(NCCc2cc(Cl)c3c(c2)OCCCO3)CCCC1. The second-order valence-electron chi connectivity index (χ2n) is 6.28. The lowest BCUT2D eigenvalue weighted by Crippen LogP contribution is -2.46. The zero-order valence-electron chi connectivity index (χ0n) is 12.9. The number of hydrogen-bond donors (Lipinski definition) is 2. The van der Waals surface area contributed by atoms with Gasteiger partial charge in [0.2, 0.25) is 0 Å². The van der Waals surface area contributed by atoms with Gasteiger partial charge in [-0.25, -0.2) is 0 Å². The van der Waals surface area contributed by atoms with Gasteiger partial charge in [0, 0.05) is 12.0 Å². The van der Waals surface area contributed by atoms with E-state index in [2.05, 4.69) is 5.32 Å². The molecule has 1 aromatic rings. The molecule has 1 heterocycles. The summed E-state index contributed by atoms with van der Waals surface area (Å²) < 4.78 is 11.4. The summed E-state index contributed by atoms with van der Waals surface area (Å²) in [6.45, 7) is 2.36. The molecule has 0 bridgehead atoms. The molecule has 0 atom stereocenters. The summed E-state index contributed by atoms with van der Waals surface area (Å²) in [6, 6.07) is 3.98.